The van der Waals surface area contributed by atoms with E-state index in [4.69, 9.17) is 9.73 Å². The van der Waals surface area contributed by atoms with Gasteiger partial charge in [-0.3, -0.25) is 9.79 Å². The molecular formula is C25H34N4O3. The van der Waals surface area contributed by atoms with E-state index in [2.05, 4.69) is 36.9 Å². The first-order valence-electron chi connectivity index (χ1n) is 11.9. The van der Waals surface area contributed by atoms with Crippen LogP contribution in [0.2, 0.25) is 0 Å². The van der Waals surface area contributed by atoms with Crippen LogP contribution in [0.4, 0.5) is 5.69 Å². The van der Waals surface area contributed by atoms with Gasteiger partial charge in [0, 0.05) is 50.2 Å². The summed E-state index contributed by atoms with van der Waals surface area (Å²) in [5, 5.41) is 12.3. The van der Waals surface area contributed by atoms with E-state index in [0.717, 1.165) is 61.2 Å². The van der Waals surface area contributed by atoms with Crippen LogP contribution in [-0.2, 0) is 9.53 Å². The summed E-state index contributed by atoms with van der Waals surface area (Å²) in [4.78, 5) is 20.9. The molecule has 32 heavy (non-hydrogen) atoms. The zero-order chi connectivity index (χ0) is 22.5. The number of likely N-dealkylation sites (tertiary alicyclic amines) is 1. The predicted octanol–water partition coefficient (Wildman–Crippen LogP) is 3.73. The Bertz CT molecular complexity index is 1060. The van der Waals surface area contributed by atoms with Crippen LogP contribution in [0.3, 0.4) is 0 Å². The number of carbonyl (C=O) groups is 1. The molecule has 3 aliphatic heterocycles. The number of aliphatic imine (C=N–C) groups is 1. The zero-order valence-corrected chi connectivity index (χ0v) is 19.4. The number of hydrogen-bond donors (Lipinski definition) is 1. The summed E-state index contributed by atoms with van der Waals surface area (Å²) >= 11 is 0. The molecule has 0 bridgehead atoms. The molecule has 0 atom stereocenters. The van der Waals surface area contributed by atoms with Gasteiger partial charge in [-0.2, -0.15) is 0 Å². The summed E-state index contributed by atoms with van der Waals surface area (Å²) in [5.74, 6) is 0.401. The van der Waals surface area contributed by atoms with Crippen LogP contribution < -0.4 is 4.90 Å². The van der Waals surface area contributed by atoms with Gasteiger partial charge in [-0.25, -0.2) is 0 Å². The van der Waals surface area contributed by atoms with Crippen LogP contribution in [0.15, 0.2) is 23.2 Å². The number of benzene rings is 1. The Morgan fingerprint density at radius 2 is 1.88 bits per heavy atom. The van der Waals surface area contributed by atoms with Gasteiger partial charge in [-0.1, -0.05) is 0 Å². The second kappa shape index (κ2) is 8.10. The van der Waals surface area contributed by atoms with E-state index in [0.29, 0.717) is 13.2 Å². The molecule has 3 aliphatic rings. The summed E-state index contributed by atoms with van der Waals surface area (Å²) in [6.45, 7) is 10.4. The van der Waals surface area contributed by atoms with Crippen LogP contribution in [0, 0.1) is 0 Å². The third kappa shape index (κ3) is 3.56. The van der Waals surface area contributed by atoms with Gasteiger partial charge < -0.3 is 24.2 Å². The third-order valence-electron chi connectivity index (χ3n) is 7.43. The lowest BCUT2D eigenvalue weighted by Crippen LogP contribution is -2.51. The molecule has 2 fully saturated rings. The predicted molar refractivity (Wildman–Crippen MR) is 127 cm³/mol. The Labute approximate surface area is 189 Å². The van der Waals surface area contributed by atoms with Gasteiger partial charge in [0.1, 0.15) is 0 Å². The van der Waals surface area contributed by atoms with Crippen molar-refractivity contribution in [3.8, 4) is 5.88 Å². The van der Waals surface area contributed by atoms with Crippen molar-refractivity contribution in [2.45, 2.75) is 58.1 Å². The van der Waals surface area contributed by atoms with Crippen molar-refractivity contribution in [3.05, 3.63) is 23.8 Å². The van der Waals surface area contributed by atoms with Crippen molar-refractivity contribution in [2.24, 2.45) is 4.99 Å². The lowest BCUT2D eigenvalue weighted by molar-refractivity contribution is -0.134. The first kappa shape index (κ1) is 21.3. The normalized spacial score (nSPS) is 21.1. The Morgan fingerprint density at radius 1 is 1.16 bits per heavy atom. The average Bonchev–Trinajstić information content (AvgIpc) is 3.40. The minimum Gasteiger partial charge on any atom is -0.494 e. The first-order chi connectivity index (χ1) is 15.4. The molecular weight excluding hydrogens is 404 g/mol. The van der Waals surface area contributed by atoms with Gasteiger partial charge >= 0.3 is 0 Å². The number of piperidine rings is 1. The van der Waals surface area contributed by atoms with Gasteiger partial charge in [0.2, 0.25) is 11.8 Å². The number of fused-ring (bicyclic) bond motifs is 1. The molecule has 0 aliphatic carbocycles. The largest absolute Gasteiger partial charge is 0.494 e. The molecule has 7 heteroatoms. The maximum atomic E-state index is 11.7. The molecule has 0 unspecified atom stereocenters. The van der Waals surface area contributed by atoms with Crippen molar-refractivity contribution in [2.75, 3.05) is 44.2 Å². The number of nitrogens with zero attached hydrogens (tertiary/aromatic N) is 4. The molecule has 1 amide bonds. The van der Waals surface area contributed by atoms with E-state index < -0.39 is 0 Å². The zero-order valence-electron chi connectivity index (χ0n) is 19.4. The fourth-order valence-corrected chi connectivity index (χ4v) is 5.50. The lowest BCUT2D eigenvalue weighted by atomic mass is 9.89. The average molecular weight is 439 g/mol. The fraction of sp³-hybridized carbons (Fsp3) is 0.600. The Morgan fingerprint density at radius 3 is 2.47 bits per heavy atom. The smallest absolute Gasteiger partial charge is 0.219 e. The number of ether oxygens (including phenoxy) is 1. The Hall–Kier alpha value is -2.54. The number of amides is 1. The number of aromatic nitrogens is 1. The van der Waals surface area contributed by atoms with Gasteiger partial charge in [0.05, 0.1) is 35.5 Å². The van der Waals surface area contributed by atoms with E-state index in [9.17, 15) is 9.90 Å². The van der Waals surface area contributed by atoms with Crippen LogP contribution >= 0.6 is 0 Å². The Kier molecular flexibility index (Phi) is 5.40. The molecule has 1 spiro atoms. The summed E-state index contributed by atoms with van der Waals surface area (Å²) in [6.07, 6.45) is 4.07. The van der Waals surface area contributed by atoms with E-state index in [-0.39, 0.29) is 23.4 Å². The van der Waals surface area contributed by atoms with Gasteiger partial charge in [-0.05, 0) is 57.7 Å². The summed E-state index contributed by atoms with van der Waals surface area (Å²) in [7, 11) is 0. The molecule has 7 nitrogen and oxygen atoms in total. The van der Waals surface area contributed by atoms with Crippen molar-refractivity contribution < 1.29 is 14.6 Å². The van der Waals surface area contributed by atoms with Crippen molar-refractivity contribution in [1.82, 2.24) is 9.47 Å². The summed E-state index contributed by atoms with van der Waals surface area (Å²) in [5.41, 5.74) is 3.59. The SMILES string of the molecule is CC(=O)N1CCC2(CC1)CN=C(c1c(O)n(C(C)C)c3ccc(N4CCCC4)cc13)CO2. The first-order valence-corrected chi connectivity index (χ1v) is 11.9. The third-order valence-corrected chi connectivity index (χ3v) is 7.43. The highest BCUT2D eigenvalue weighted by molar-refractivity contribution is 6.14. The molecule has 4 heterocycles. The van der Waals surface area contributed by atoms with Crippen molar-refractivity contribution in [3.63, 3.8) is 0 Å². The number of aromatic hydroxyl groups is 1. The standard InChI is InChI=1S/C25H34N4O3/c1-17(2)29-22-7-6-19(28-10-4-5-11-28)14-20(22)23(24(29)31)21-15-32-25(16-26-21)8-12-27(13-9-25)18(3)30/h6-7,14,17,31H,4-5,8-13,15-16H2,1-3H3. The second-order valence-electron chi connectivity index (χ2n) is 9.80. The fourth-order valence-electron chi connectivity index (χ4n) is 5.50. The monoisotopic (exact) mass is 438 g/mol. The maximum absolute atomic E-state index is 11.7. The van der Waals surface area contributed by atoms with E-state index in [1.54, 1.807) is 6.92 Å². The molecule has 1 aromatic carbocycles. The lowest BCUT2D eigenvalue weighted by Gasteiger charge is -2.42. The van der Waals surface area contributed by atoms with Crippen LogP contribution in [0.1, 0.15) is 58.1 Å². The second-order valence-corrected chi connectivity index (χ2v) is 9.80. The number of rotatable bonds is 3. The number of hydrogen-bond acceptors (Lipinski definition) is 5. The van der Waals surface area contributed by atoms with Crippen LogP contribution in [0.5, 0.6) is 5.88 Å². The molecule has 2 saturated heterocycles. The van der Waals surface area contributed by atoms with E-state index in [1.807, 2.05) is 9.47 Å². The molecule has 0 radical (unpaired) electrons. The van der Waals surface area contributed by atoms with Gasteiger partial charge in [-0.15, -0.1) is 0 Å². The van der Waals surface area contributed by atoms with Crippen molar-refractivity contribution in [1.29, 1.82) is 0 Å². The molecule has 0 saturated carbocycles. The van der Waals surface area contributed by atoms with E-state index in [1.165, 1.54) is 18.5 Å². The highest BCUT2D eigenvalue weighted by Gasteiger charge is 2.39. The van der Waals surface area contributed by atoms with Crippen LogP contribution in [0.25, 0.3) is 10.9 Å². The highest BCUT2D eigenvalue weighted by Crippen LogP contribution is 2.39. The summed E-state index contributed by atoms with van der Waals surface area (Å²) < 4.78 is 8.40. The van der Waals surface area contributed by atoms with Gasteiger partial charge in [0.25, 0.3) is 0 Å². The highest BCUT2D eigenvalue weighted by atomic mass is 16.5. The number of carbonyl (C=O) groups excluding carboxylic acids is 1. The quantitative estimate of drug-likeness (QED) is 0.793. The Balaban J connectivity index is 1.49. The van der Waals surface area contributed by atoms with Crippen LogP contribution in [-0.4, -0.2) is 71.1 Å². The molecule has 172 valence electrons. The maximum Gasteiger partial charge on any atom is 0.219 e. The summed E-state index contributed by atoms with van der Waals surface area (Å²) in [6, 6.07) is 6.66. The molecule has 2 aromatic rings. The molecule has 1 N–H and O–H groups in total. The van der Waals surface area contributed by atoms with Gasteiger partial charge in [0.15, 0.2) is 0 Å². The molecule has 5 rings (SSSR count). The minimum atomic E-state index is -0.289. The number of anilines is 1. The molecule has 1 aromatic heterocycles. The van der Waals surface area contributed by atoms with E-state index >= 15 is 0 Å². The van der Waals surface area contributed by atoms with Crippen molar-refractivity contribution >= 4 is 28.2 Å². The minimum absolute atomic E-state index is 0.125. The topological polar surface area (TPSA) is 70.3 Å².